The molecule has 0 bridgehead atoms. The Morgan fingerprint density at radius 1 is 0.750 bits per heavy atom. The van der Waals surface area contributed by atoms with Crippen molar-refractivity contribution in [3.05, 3.63) is 48.2 Å². The topological polar surface area (TPSA) is 0 Å². The van der Waals surface area contributed by atoms with Crippen LogP contribution in [-0.2, 0) is 34.1 Å². The van der Waals surface area contributed by atoms with Crippen LogP contribution < -0.4 is 0 Å². The summed E-state index contributed by atoms with van der Waals surface area (Å²) in [5, 5.41) is 0. The first kappa shape index (κ1) is 13.9. The molecule has 1 aromatic rings. The summed E-state index contributed by atoms with van der Waals surface area (Å²) in [5.74, 6) is 4.48. The molecule has 0 saturated carbocycles. The van der Waals surface area contributed by atoms with Crippen molar-refractivity contribution in [1.82, 2.24) is 0 Å². The molecule has 0 spiro atoms. The van der Waals surface area contributed by atoms with Gasteiger partial charge in [0.2, 0.25) is 0 Å². The van der Waals surface area contributed by atoms with Crippen LogP contribution in [0.2, 0.25) is 0 Å². The Balaban J connectivity index is 0. The van der Waals surface area contributed by atoms with E-state index in [9.17, 15) is 0 Å². The normalized spacial score (nSPS) is 6.50. The zero-order valence-corrected chi connectivity index (χ0v) is 8.22. The van der Waals surface area contributed by atoms with Gasteiger partial charge in [0.05, 0.1) is 0 Å². The third kappa shape index (κ3) is 3.68. The van der Waals surface area contributed by atoms with Crippen LogP contribution in [0.1, 0.15) is 11.1 Å². The van der Waals surface area contributed by atoms with E-state index in [1.807, 2.05) is 0 Å². The minimum absolute atomic E-state index is 0. The summed E-state index contributed by atoms with van der Waals surface area (Å²) in [6.45, 7) is 0. The van der Waals surface area contributed by atoms with Crippen molar-refractivity contribution >= 4 is 0 Å². The van der Waals surface area contributed by atoms with E-state index in [0.717, 1.165) is 11.1 Å². The Hall–Kier alpha value is -0.621. The monoisotopic (exact) mass is 236 g/mol. The van der Waals surface area contributed by atoms with Gasteiger partial charge in [-0.2, -0.15) is 0 Å². The molecule has 0 amide bonds. The van der Waals surface area contributed by atoms with Crippen LogP contribution in [0.15, 0.2) is 24.3 Å². The van der Waals surface area contributed by atoms with Gasteiger partial charge in [-0.3, -0.25) is 11.8 Å². The minimum atomic E-state index is 0. The summed E-state index contributed by atoms with van der Waals surface area (Å²) >= 11 is 0. The molecule has 0 N–H and O–H groups in total. The van der Waals surface area contributed by atoms with Crippen LogP contribution in [0.25, 0.3) is 0 Å². The molecular formula is C10H4Fe2-2. The molecule has 0 fully saturated rings. The Morgan fingerprint density at radius 2 is 1.00 bits per heavy atom. The van der Waals surface area contributed by atoms with Gasteiger partial charge in [0.1, 0.15) is 0 Å². The Bertz CT molecular complexity index is 265. The van der Waals surface area contributed by atoms with Crippen molar-refractivity contribution in [2.24, 2.45) is 0 Å². The van der Waals surface area contributed by atoms with E-state index in [4.69, 9.17) is 12.8 Å². The number of hydrogen-bond acceptors (Lipinski definition) is 0. The minimum Gasteiger partial charge on any atom is -0.366 e. The molecule has 1 rings (SSSR count). The summed E-state index contributed by atoms with van der Waals surface area (Å²) in [6, 6.07) is 6.90. The molecule has 62 valence electrons. The standard InChI is InChI=1S/C10H4.2Fe/c1-3-9-5-7-10(4-2)8-6-9;;/h5-8H;;/q-2;;. The number of hydrogen-bond donors (Lipinski definition) is 0. The van der Waals surface area contributed by atoms with Gasteiger partial charge in [0.15, 0.2) is 0 Å². The molecule has 0 aliphatic carbocycles. The summed E-state index contributed by atoms with van der Waals surface area (Å²) in [5.41, 5.74) is 1.44. The average molecular weight is 236 g/mol. The molecule has 2 heteroatoms. The second-order valence-electron chi connectivity index (χ2n) is 1.83. The van der Waals surface area contributed by atoms with Crippen LogP contribution in [0, 0.1) is 24.7 Å². The van der Waals surface area contributed by atoms with Gasteiger partial charge in [0, 0.05) is 34.1 Å². The van der Waals surface area contributed by atoms with Gasteiger partial charge in [-0.05, 0) is 0 Å². The first-order valence-electron chi connectivity index (χ1n) is 2.82. The summed E-state index contributed by atoms with van der Waals surface area (Å²) in [6.07, 6.45) is 13.5. The second kappa shape index (κ2) is 7.05. The van der Waals surface area contributed by atoms with Crippen molar-refractivity contribution in [2.45, 2.75) is 0 Å². The number of benzene rings is 1. The largest absolute Gasteiger partial charge is 0.366 e. The van der Waals surface area contributed by atoms with E-state index in [2.05, 4.69) is 11.8 Å². The molecule has 0 unspecified atom stereocenters. The predicted octanol–water partition coefficient (Wildman–Crippen LogP) is 1.56. The van der Waals surface area contributed by atoms with Crippen molar-refractivity contribution in [2.75, 3.05) is 0 Å². The predicted molar refractivity (Wildman–Crippen MR) is 38.9 cm³/mol. The van der Waals surface area contributed by atoms with E-state index in [0.29, 0.717) is 0 Å². The van der Waals surface area contributed by atoms with Crippen molar-refractivity contribution in [3.8, 4) is 11.8 Å². The van der Waals surface area contributed by atoms with E-state index in [-0.39, 0.29) is 34.1 Å². The number of rotatable bonds is 0. The van der Waals surface area contributed by atoms with Crippen LogP contribution in [0.3, 0.4) is 0 Å². The first-order valence-corrected chi connectivity index (χ1v) is 2.82. The molecule has 0 nitrogen and oxygen atoms in total. The van der Waals surface area contributed by atoms with Crippen LogP contribution >= 0.6 is 0 Å². The van der Waals surface area contributed by atoms with Crippen molar-refractivity contribution in [3.63, 3.8) is 0 Å². The quantitative estimate of drug-likeness (QED) is 0.364. The molecule has 0 aromatic heterocycles. The molecule has 0 saturated heterocycles. The van der Waals surface area contributed by atoms with E-state index in [1.54, 1.807) is 24.3 Å². The van der Waals surface area contributed by atoms with Crippen LogP contribution in [-0.4, -0.2) is 0 Å². The fraction of sp³-hybridized carbons (Fsp3) is 0. The molecule has 0 aliphatic rings. The molecule has 12 heavy (non-hydrogen) atoms. The molecule has 0 atom stereocenters. The maximum atomic E-state index is 6.75. The summed E-state index contributed by atoms with van der Waals surface area (Å²) < 4.78 is 0. The van der Waals surface area contributed by atoms with Gasteiger partial charge in [-0.25, -0.2) is 0 Å². The third-order valence-corrected chi connectivity index (χ3v) is 1.17. The maximum absolute atomic E-state index is 6.75. The van der Waals surface area contributed by atoms with Crippen molar-refractivity contribution < 1.29 is 34.1 Å². The van der Waals surface area contributed by atoms with Crippen LogP contribution in [0.4, 0.5) is 0 Å². The zero-order valence-electron chi connectivity index (χ0n) is 6.02. The van der Waals surface area contributed by atoms with Gasteiger partial charge in [-0.15, -0.1) is 35.4 Å². The van der Waals surface area contributed by atoms with Gasteiger partial charge >= 0.3 is 0 Å². The summed E-state index contributed by atoms with van der Waals surface area (Å²) in [4.78, 5) is 0. The Morgan fingerprint density at radius 3 is 1.17 bits per heavy atom. The summed E-state index contributed by atoms with van der Waals surface area (Å²) in [7, 11) is 0. The van der Waals surface area contributed by atoms with Crippen molar-refractivity contribution in [1.29, 1.82) is 0 Å². The molecule has 0 radical (unpaired) electrons. The fourth-order valence-corrected chi connectivity index (χ4v) is 0.637. The van der Waals surface area contributed by atoms with Gasteiger partial charge in [0.25, 0.3) is 0 Å². The zero-order chi connectivity index (χ0) is 7.40. The van der Waals surface area contributed by atoms with E-state index >= 15 is 0 Å². The third-order valence-electron chi connectivity index (χ3n) is 1.17. The van der Waals surface area contributed by atoms with E-state index in [1.165, 1.54) is 0 Å². The molecular weight excluding hydrogens is 232 g/mol. The molecule has 1 aromatic carbocycles. The maximum Gasteiger partial charge on any atom is 0 e. The van der Waals surface area contributed by atoms with Crippen LogP contribution in [0.5, 0.6) is 0 Å². The van der Waals surface area contributed by atoms with Gasteiger partial charge < -0.3 is 12.8 Å². The van der Waals surface area contributed by atoms with Gasteiger partial charge in [-0.1, -0.05) is 0 Å². The second-order valence-corrected chi connectivity index (χ2v) is 1.83. The molecule has 0 aliphatic heterocycles. The Kier molecular flexibility index (Phi) is 8.19. The smallest absolute Gasteiger partial charge is 0 e. The molecule has 0 heterocycles. The van der Waals surface area contributed by atoms with E-state index < -0.39 is 0 Å². The first-order chi connectivity index (χ1) is 4.86. The Labute approximate surface area is 94.1 Å². The fourth-order valence-electron chi connectivity index (χ4n) is 0.637. The SMILES string of the molecule is [C-]#Cc1ccc(C#[C-])cc1.[Fe].[Fe]. The average Bonchev–Trinajstić information content (AvgIpc) is 2.05.